The van der Waals surface area contributed by atoms with E-state index in [1.165, 1.54) is 25.0 Å². The van der Waals surface area contributed by atoms with E-state index in [1.54, 1.807) is 0 Å². The number of carbonyl (C=O) groups is 1. The van der Waals surface area contributed by atoms with Gasteiger partial charge in [-0.15, -0.1) is 0 Å². The summed E-state index contributed by atoms with van der Waals surface area (Å²) in [6, 6.07) is 3.89. The van der Waals surface area contributed by atoms with Crippen LogP contribution >= 0.6 is 0 Å². The first-order chi connectivity index (χ1) is 14.6. The van der Waals surface area contributed by atoms with Gasteiger partial charge >= 0.3 is 6.09 Å². The number of nitrogens with zero attached hydrogens (tertiary/aromatic N) is 1. The van der Waals surface area contributed by atoms with Gasteiger partial charge in [0.25, 0.3) is 0 Å². The summed E-state index contributed by atoms with van der Waals surface area (Å²) in [5.74, 6) is 0.258. The molecule has 3 aliphatic rings. The molecule has 0 unspecified atom stereocenters. The van der Waals surface area contributed by atoms with Gasteiger partial charge in [0.15, 0.2) is 9.84 Å². The molecule has 1 heterocycles. The smallest absolute Gasteiger partial charge is 0.410 e. The van der Waals surface area contributed by atoms with Crippen LogP contribution in [0.1, 0.15) is 58.3 Å². The van der Waals surface area contributed by atoms with Crippen molar-refractivity contribution >= 4 is 15.9 Å². The van der Waals surface area contributed by atoms with E-state index in [4.69, 9.17) is 9.47 Å². The van der Waals surface area contributed by atoms with E-state index in [2.05, 4.69) is 0 Å². The Hall–Kier alpha value is -1.83. The van der Waals surface area contributed by atoms with Crippen molar-refractivity contribution in [1.29, 1.82) is 0 Å². The predicted molar refractivity (Wildman–Crippen MR) is 114 cm³/mol. The summed E-state index contributed by atoms with van der Waals surface area (Å²) >= 11 is 0. The second kappa shape index (κ2) is 8.26. The molecule has 0 bridgehead atoms. The molecule has 172 valence electrons. The number of rotatable bonds is 7. The minimum Gasteiger partial charge on any atom is -0.493 e. The van der Waals surface area contributed by atoms with Crippen LogP contribution in [0.3, 0.4) is 0 Å². The Morgan fingerprint density at radius 3 is 2.45 bits per heavy atom. The number of carbonyl (C=O) groups excluding carboxylic acids is 1. The molecule has 0 radical (unpaired) electrons. The topological polar surface area (TPSA) is 72.9 Å². The average molecular weight is 454 g/mol. The fourth-order valence-electron chi connectivity index (χ4n) is 4.93. The standard InChI is InChI=1S/C23H32FNO5S/c1-22(7-8-22)30-21(26)25-11-9-23(10-12-25)15-17(16-23)4-3-13-29-18-5-6-20(19(24)14-18)31(2,27)28/h5-6,14,17H,3-4,7-13,15-16H2,1-2H3. The lowest BCUT2D eigenvalue weighted by Crippen LogP contribution is -2.49. The van der Waals surface area contributed by atoms with Crippen LogP contribution in [0.5, 0.6) is 5.75 Å². The van der Waals surface area contributed by atoms with Crippen LogP contribution in [0.2, 0.25) is 0 Å². The quantitative estimate of drug-likeness (QED) is 0.566. The van der Waals surface area contributed by atoms with Crippen molar-refractivity contribution in [2.24, 2.45) is 11.3 Å². The summed E-state index contributed by atoms with van der Waals surface area (Å²) in [5, 5.41) is 0. The van der Waals surface area contributed by atoms with E-state index in [9.17, 15) is 17.6 Å². The number of hydrogen-bond donors (Lipinski definition) is 0. The first-order valence-corrected chi connectivity index (χ1v) is 13.1. The zero-order valence-electron chi connectivity index (χ0n) is 18.4. The third-order valence-corrected chi connectivity index (χ3v) is 8.27. The third kappa shape index (κ3) is 5.33. The van der Waals surface area contributed by atoms with Gasteiger partial charge in [-0.25, -0.2) is 17.6 Å². The molecule has 1 amide bonds. The molecule has 3 fully saturated rings. The Balaban J connectivity index is 1.13. The van der Waals surface area contributed by atoms with Gasteiger partial charge in [-0.3, -0.25) is 0 Å². The van der Waals surface area contributed by atoms with Crippen LogP contribution in [0.4, 0.5) is 9.18 Å². The van der Waals surface area contributed by atoms with Gasteiger partial charge in [-0.1, -0.05) is 0 Å². The lowest BCUT2D eigenvalue weighted by molar-refractivity contribution is -0.0231. The molecule has 1 spiro atoms. The van der Waals surface area contributed by atoms with Gasteiger partial charge in [0.1, 0.15) is 22.1 Å². The maximum atomic E-state index is 13.9. The fraction of sp³-hybridized carbons (Fsp3) is 0.696. The molecule has 1 aromatic rings. The Labute approximate surface area is 184 Å². The van der Waals surface area contributed by atoms with E-state index < -0.39 is 15.7 Å². The number of hydrogen-bond acceptors (Lipinski definition) is 5. The maximum Gasteiger partial charge on any atom is 0.410 e. The molecule has 2 saturated carbocycles. The number of halogens is 1. The van der Waals surface area contributed by atoms with Crippen molar-refractivity contribution in [1.82, 2.24) is 4.90 Å². The largest absolute Gasteiger partial charge is 0.493 e. The number of amides is 1. The maximum absolute atomic E-state index is 13.9. The van der Waals surface area contributed by atoms with E-state index >= 15 is 0 Å². The zero-order valence-corrected chi connectivity index (χ0v) is 19.2. The third-order valence-electron chi connectivity index (χ3n) is 7.14. The monoisotopic (exact) mass is 453 g/mol. The summed E-state index contributed by atoms with van der Waals surface area (Å²) in [4.78, 5) is 13.8. The van der Waals surface area contributed by atoms with Crippen LogP contribution in [0, 0.1) is 17.2 Å². The highest BCUT2D eigenvalue weighted by Gasteiger charge is 2.47. The number of benzene rings is 1. The molecule has 1 aromatic carbocycles. The molecule has 31 heavy (non-hydrogen) atoms. The van der Waals surface area contributed by atoms with E-state index in [-0.39, 0.29) is 16.6 Å². The van der Waals surface area contributed by atoms with Crippen LogP contribution in [0.15, 0.2) is 23.1 Å². The molecule has 2 aliphatic carbocycles. The van der Waals surface area contributed by atoms with Gasteiger partial charge in [-0.2, -0.15) is 0 Å². The van der Waals surface area contributed by atoms with Gasteiger partial charge in [0, 0.05) is 25.4 Å². The van der Waals surface area contributed by atoms with Crippen molar-refractivity contribution in [3.63, 3.8) is 0 Å². The van der Waals surface area contributed by atoms with Crippen LogP contribution in [0.25, 0.3) is 0 Å². The Bertz CT molecular complexity index is 927. The second-order valence-corrected chi connectivity index (χ2v) is 11.9. The highest BCUT2D eigenvalue weighted by Crippen LogP contribution is 2.54. The molecule has 0 atom stereocenters. The molecule has 1 aliphatic heterocycles. The van der Waals surface area contributed by atoms with Crippen LogP contribution < -0.4 is 4.74 Å². The Kier molecular flexibility index (Phi) is 5.96. The van der Waals surface area contributed by atoms with Crippen molar-refractivity contribution in [2.75, 3.05) is 26.0 Å². The number of ether oxygens (including phenoxy) is 2. The number of likely N-dealkylation sites (tertiary alicyclic amines) is 1. The first-order valence-electron chi connectivity index (χ1n) is 11.2. The van der Waals surface area contributed by atoms with Crippen LogP contribution in [-0.4, -0.2) is 51.0 Å². The van der Waals surface area contributed by atoms with E-state index in [0.717, 1.165) is 63.9 Å². The van der Waals surface area contributed by atoms with E-state index in [0.29, 0.717) is 23.7 Å². The first kappa shape index (κ1) is 22.4. The molecule has 6 nitrogen and oxygen atoms in total. The van der Waals surface area contributed by atoms with Crippen molar-refractivity contribution in [3.05, 3.63) is 24.0 Å². The van der Waals surface area contributed by atoms with Gasteiger partial charge < -0.3 is 14.4 Å². The van der Waals surface area contributed by atoms with Crippen molar-refractivity contribution in [2.45, 2.75) is 68.8 Å². The summed E-state index contributed by atoms with van der Waals surface area (Å²) in [6.07, 6.45) is 9.24. The predicted octanol–water partition coefficient (Wildman–Crippen LogP) is 4.57. The minimum absolute atomic E-state index is 0.149. The highest BCUT2D eigenvalue weighted by molar-refractivity contribution is 7.90. The summed E-state index contributed by atoms with van der Waals surface area (Å²) in [7, 11) is -3.57. The second-order valence-electron chi connectivity index (χ2n) is 9.93. The summed E-state index contributed by atoms with van der Waals surface area (Å²) in [5.41, 5.74) is 0.174. The highest BCUT2D eigenvalue weighted by atomic mass is 32.2. The Morgan fingerprint density at radius 1 is 1.19 bits per heavy atom. The van der Waals surface area contributed by atoms with Crippen LogP contribution in [-0.2, 0) is 14.6 Å². The lowest BCUT2D eigenvalue weighted by atomic mass is 9.56. The van der Waals surface area contributed by atoms with E-state index in [1.807, 2.05) is 11.8 Å². The SMILES string of the molecule is CC1(OC(=O)N2CCC3(CC2)CC(CCCOc2ccc(S(C)(=O)=O)c(F)c2)C3)CC1. The van der Waals surface area contributed by atoms with Gasteiger partial charge in [0.05, 0.1) is 6.61 Å². The number of piperidine rings is 1. The minimum atomic E-state index is -3.57. The van der Waals surface area contributed by atoms with Gasteiger partial charge in [-0.05, 0) is 81.8 Å². The van der Waals surface area contributed by atoms with Crippen molar-refractivity contribution in [3.8, 4) is 5.75 Å². The van der Waals surface area contributed by atoms with Gasteiger partial charge in [0.2, 0.25) is 0 Å². The van der Waals surface area contributed by atoms with Crippen molar-refractivity contribution < 1.29 is 27.1 Å². The number of sulfone groups is 1. The molecule has 0 N–H and O–H groups in total. The molecular weight excluding hydrogens is 421 g/mol. The fourth-order valence-corrected chi connectivity index (χ4v) is 5.66. The zero-order chi connectivity index (χ0) is 22.3. The summed E-state index contributed by atoms with van der Waals surface area (Å²) in [6.45, 7) is 4.07. The molecule has 1 saturated heterocycles. The molecule has 0 aromatic heterocycles. The Morgan fingerprint density at radius 2 is 1.87 bits per heavy atom. The molecule has 8 heteroatoms. The average Bonchev–Trinajstić information content (AvgIpc) is 3.39. The lowest BCUT2D eigenvalue weighted by Gasteiger charge is -2.52. The molecule has 4 rings (SSSR count). The molecular formula is C23H32FNO5S. The normalized spacial score (nSPS) is 22.1. The summed E-state index contributed by atoms with van der Waals surface area (Å²) < 4.78 is 48.0.